The minimum Gasteiger partial charge on any atom is -0.372 e. The molecule has 1 aromatic carbocycles. The predicted octanol–water partition coefficient (Wildman–Crippen LogP) is 3.18. The highest BCUT2D eigenvalue weighted by molar-refractivity contribution is 5.54. The summed E-state index contributed by atoms with van der Waals surface area (Å²) < 4.78 is 20.0. The van der Waals surface area contributed by atoms with Gasteiger partial charge >= 0.3 is 0 Å². The lowest BCUT2D eigenvalue weighted by molar-refractivity contribution is -0.00528. The van der Waals surface area contributed by atoms with E-state index in [4.69, 9.17) is 4.74 Å². The number of benzene rings is 1. The Labute approximate surface area is 127 Å². The standard InChI is InChI=1S/C17H27FN2O/c1-12(2)8-19-9-15-16(18)6-5-7-17(15)20-10-13(3)21-14(4)11-20/h5-7,12-14,19H,8-11H2,1-4H3/t13-,14+. The molecule has 1 aromatic rings. The number of anilines is 1. The monoisotopic (exact) mass is 294 g/mol. The molecule has 0 saturated carbocycles. The Morgan fingerprint density at radius 3 is 2.57 bits per heavy atom. The highest BCUT2D eigenvalue weighted by atomic mass is 19.1. The number of nitrogens with zero attached hydrogens (tertiary/aromatic N) is 1. The van der Waals surface area contributed by atoms with Gasteiger partial charge in [0.05, 0.1) is 12.2 Å². The molecule has 1 saturated heterocycles. The first-order valence-corrected chi connectivity index (χ1v) is 7.86. The number of morpholine rings is 1. The van der Waals surface area contributed by atoms with Gasteiger partial charge in [0.1, 0.15) is 5.82 Å². The molecular formula is C17H27FN2O. The topological polar surface area (TPSA) is 24.5 Å². The average molecular weight is 294 g/mol. The molecule has 0 aliphatic carbocycles. The van der Waals surface area contributed by atoms with Crippen molar-refractivity contribution in [2.45, 2.75) is 46.4 Å². The fourth-order valence-corrected chi connectivity index (χ4v) is 2.88. The molecule has 0 amide bonds. The van der Waals surface area contributed by atoms with Gasteiger partial charge in [0.15, 0.2) is 0 Å². The largest absolute Gasteiger partial charge is 0.372 e. The highest BCUT2D eigenvalue weighted by Gasteiger charge is 2.24. The number of hydrogen-bond donors (Lipinski definition) is 1. The van der Waals surface area contributed by atoms with Crippen LogP contribution in [0.1, 0.15) is 33.3 Å². The van der Waals surface area contributed by atoms with Crippen LogP contribution in [0, 0.1) is 11.7 Å². The van der Waals surface area contributed by atoms with Crippen LogP contribution in [0.4, 0.5) is 10.1 Å². The van der Waals surface area contributed by atoms with Gasteiger partial charge in [0.2, 0.25) is 0 Å². The molecule has 3 nitrogen and oxygen atoms in total. The van der Waals surface area contributed by atoms with Gasteiger partial charge in [-0.3, -0.25) is 0 Å². The van der Waals surface area contributed by atoms with Crippen molar-refractivity contribution in [3.63, 3.8) is 0 Å². The smallest absolute Gasteiger partial charge is 0.129 e. The quantitative estimate of drug-likeness (QED) is 0.902. The van der Waals surface area contributed by atoms with Gasteiger partial charge in [-0.15, -0.1) is 0 Å². The van der Waals surface area contributed by atoms with E-state index in [9.17, 15) is 4.39 Å². The molecule has 1 heterocycles. The van der Waals surface area contributed by atoms with Gasteiger partial charge in [0.25, 0.3) is 0 Å². The van der Waals surface area contributed by atoms with Crippen LogP contribution >= 0.6 is 0 Å². The van der Waals surface area contributed by atoms with Crippen LogP contribution in [0.25, 0.3) is 0 Å². The van der Waals surface area contributed by atoms with Crippen molar-refractivity contribution in [3.8, 4) is 0 Å². The van der Waals surface area contributed by atoms with E-state index in [1.165, 1.54) is 0 Å². The third-order valence-corrected chi connectivity index (χ3v) is 3.71. The molecular weight excluding hydrogens is 267 g/mol. The maximum atomic E-state index is 14.2. The van der Waals surface area contributed by atoms with E-state index in [2.05, 4.69) is 37.9 Å². The minimum absolute atomic E-state index is 0.129. The third kappa shape index (κ3) is 4.42. The van der Waals surface area contributed by atoms with E-state index >= 15 is 0 Å². The van der Waals surface area contributed by atoms with Crippen LogP contribution in [-0.4, -0.2) is 31.8 Å². The SMILES string of the molecule is CC(C)CNCc1c(F)cccc1N1C[C@@H](C)O[C@@H](C)C1. The minimum atomic E-state index is -0.129. The number of halogens is 1. The Bertz CT molecular complexity index is 454. The molecule has 1 aliphatic heterocycles. The van der Waals surface area contributed by atoms with Crippen molar-refractivity contribution in [2.75, 3.05) is 24.5 Å². The van der Waals surface area contributed by atoms with Crippen LogP contribution in [0.5, 0.6) is 0 Å². The van der Waals surface area contributed by atoms with E-state index in [-0.39, 0.29) is 18.0 Å². The second-order valence-corrected chi connectivity index (χ2v) is 6.42. The fourth-order valence-electron chi connectivity index (χ4n) is 2.88. The molecule has 0 bridgehead atoms. The maximum absolute atomic E-state index is 14.2. The van der Waals surface area contributed by atoms with Gasteiger partial charge in [-0.05, 0) is 38.4 Å². The zero-order valence-electron chi connectivity index (χ0n) is 13.5. The van der Waals surface area contributed by atoms with E-state index in [1.807, 2.05) is 6.07 Å². The van der Waals surface area contributed by atoms with Crippen LogP contribution in [0.2, 0.25) is 0 Å². The highest BCUT2D eigenvalue weighted by Crippen LogP contribution is 2.26. The van der Waals surface area contributed by atoms with Gasteiger partial charge < -0.3 is 15.0 Å². The van der Waals surface area contributed by atoms with Gasteiger partial charge in [-0.25, -0.2) is 4.39 Å². The van der Waals surface area contributed by atoms with Crippen LogP contribution in [-0.2, 0) is 11.3 Å². The second kappa shape index (κ2) is 7.23. The van der Waals surface area contributed by atoms with Crippen molar-refractivity contribution >= 4 is 5.69 Å². The normalized spacial score (nSPS) is 22.9. The Balaban J connectivity index is 2.16. The molecule has 2 atom stereocenters. The number of rotatable bonds is 5. The van der Waals surface area contributed by atoms with Gasteiger partial charge in [-0.2, -0.15) is 0 Å². The molecule has 2 rings (SSSR count). The summed E-state index contributed by atoms with van der Waals surface area (Å²) in [4.78, 5) is 2.24. The van der Waals surface area contributed by atoms with Crippen molar-refractivity contribution < 1.29 is 9.13 Å². The predicted molar refractivity (Wildman–Crippen MR) is 85.2 cm³/mol. The van der Waals surface area contributed by atoms with E-state index in [1.54, 1.807) is 12.1 Å². The number of ether oxygens (including phenoxy) is 1. The lowest BCUT2D eigenvalue weighted by atomic mass is 10.1. The van der Waals surface area contributed by atoms with Crippen LogP contribution in [0.3, 0.4) is 0 Å². The van der Waals surface area contributed by atoms with Crippen LogP contribution in [0.15, 0.2) is 18.2 Å². The van der Waals surface area contributed by atoms with Crippen LogP contribution < -0.4 is 10.2 Å². The first-order valence-electron chi connectivity index (χ1n) is 7.86. The Hall–Kier alpha value is -1.13. The zero-order chi connectivity index (χ0) is 15.4. The van der Waals surface area contributed by atoms with Crippen molar-refractivity contribution in [1.29, 1.82) is 0 Å². The lowest BCUT2D eigenvalue weighted by Gasteiger charge is -2.38. The third-order valence-electron chi connectivity index (χ3n) is 3.71. The molecule has 0 unspecified atom stereocenters. The molecule has 118 valence electrons. The summed E-state index contributed by atoms with van der Waals surface area (Å²) in [5.41, 5.74) is 1.76. The molecule has 0 aromatic heterocycles. The Morgan fingerprint density at radius 2 is 1.95 bits per heavy atom. The van der Waals surface area contributed by atoms with Gasteiger partial charge in [-0.1, -0.05) is 19.9 Å². The molecule has 0 radical (unpaired) electrons. The zero-order valence-corrected chi connectivity index (χ0v) is 13.5. The molecule has 1 aliphatic rings. The summed E-state index contributed by atoms with van der Waals surface area (Å²) >= 11 is 0. The number of nitrogens with one attached hydrogen (secondary N) is 1. The van der Waals surface area contributed by atoms with Gasteiger partial charge in [0, 0.05) is 30.9 Å². The average Bonchev–Trinajstić information content (AvgIpc) is 2.39. The molecule has 1 fully saturated rings. The fraction of sp³-hybridized carbons (Fsp3) is 0.647. The molecule has 21 heavy (non-hydrogen) atoms. The first kappa shape index (κ1) is 16.2. The maximum Gasteiger partial charge on any atom is 0.129 e. The van der Waals surface area contributed by atoms with Crippen molar-refractivity contribution in [2.24, 2.45) is 5.92 Å². The number of hydrogen-bond acceptors (Lipinski definition) is 3. The summed E-state index contributed by atoms with van der Waals surface area (Å²) in [6.45, 7) is 11.5. The summed E-state index contributed by atoms with van der Waals surface area (Å²) in [5, 5.41) is 3.35. The molecule has 0 spiro atoms. The summed E-state index contributed by atoms with van der Waals surface area (Å²) in [6.07, 6.45) is 0.349. The lowest BCUT2D eigenvalue weighted by Crippen LogP contribution is -2.46. The summed E-state index contributed by atoms with van der Waals surface area (Å²) in [7, 11) is 0. The Morgan fingerprint density at radius 1 is 1.29 bits per heavy atom. The first-order chi connectivity index (χ1) is 9.97. The molecule has 4 heteroatoms. The summed E-state index contributed by atoms with van der Waals surface area (Å²) in [6, 6.07) is 5.35. The molecule has 1 N–H and O–H groups in total. The van der Waals surface area contributed by atoms with E-state index < -0.39 is 0 Å². The Kier molecular flexibility index (Phi) is 5.59. The second-order valence-electron chi connectivity index (χ2n) is 6.42. The summed E-state index contributed by atoms with van der Waals surface area (Å²) in [5.74, 6) is 0.430. The van der Waals surface area contributed by atoms with Crippen molar-refractivity contribution in [1.82, 2.24) is 5.32 Å². The van der Waals surface area contributed by atoms with Crippen molar-refractivity contribution in [3.05, 3.63) is 29.6 Å². The van der Waals surface area contributed by atoms with E-state index in [0.29, 0.717) is 12.5 Å². The van der Waals surface area contributed by atoms with E-state index in [0.717, 1.165) is 30.9 Å².